The Labute approximate surface area is 100 Å². The third kappa shape index (κ3) is 2.57. The minimum atomic E-state index is 0.610. The molecule has 1 fully saturated rings. The van der Waals surface area contributed by atoms with Gasteiger partial charge in [-0.25, -0.2) is 0 Å². The molecule has 0 bridgehead atoms. The quantitative estimate of drug-likeness (QED) is 0.880. The SMILES string of the molecule is CN(CC1CNC1)c1ccc(Cl)c(Cl)c1. The van der Waals surface area contributed by atoms with Gasteiger partial charge in [0.05, 0.1) is 10.0 Å². The van der Waals surface area contributed by atoms with Crippen molar-refractivity contribution in [2.75, 3.05) is 31.6 Å². The van der Waals surface area contributed by atoms with Gasteiger partial charge in [-0.15, -0.1) is 0 Å². The van der Waals surface area contributed by atoms with Crippen molar-refractivity contribution in [3.8, 4) is 0 Å². The van der Waals surface area contributed by atoms with Crippen LogP contribution in [0, 0.1) is 5.92 Å². The summed E-state index contributed by atoms with van der Waals surface area (Å²) in [5.74, 6) is 0.754. The Bertz CT molecular complexity index is 350. The highest BCUT2D eigenvalue weighted by molar-refractivity contribution is 6.42. The smallest absolute Gasteiger partial charge is 0.0612 e. The first-order valence-electron chi connectivity index (χ1n) is 5.03. The lowest BCUT2D eigenvalue weighted by atomic mass is 10.0. The predicted molar refractivity (Wildman–Crippen MR) is 66.1 cm³/mol. The third-order valence-corrected chi connectivity index (χ3v) is 3.48. The fourth-order valence-corrected chi connectivity index (χ4v) is 1.99. The van der Waals surface area contributed by atoms with E-state index in [9.17, 15) is 0 Å². The largest absolute Gasteiger partial charge is 0.374 e. The molecule has 0 aliphatic carbocycles. The Morgan fingerprint density at radius 2 is 2.07 bits per heavy atom. The molecular formula is C11H14Cl2N2. The van der Waals surface area contributed by atoms with E-state index in [2.05, 4.69) is 17.3 Å². The predicted octanol–water partition coefficient (Wildman–Crippen LogP) is 2.65. The van der Waals surface area contributed by atoms with Gasteiger partial charge in [0.1, 0.15) is 0 Å². The van der Waals surface area contributed by atoms with Crippen molar-refractivity contribution >= 4 is 28.9 Å². The maximum atomic E-state index is 5.97. The summed E-state index contributed by atoms with van der Waals surface area (Å²) in [4.78, 5) is 2.22. The van der Waals surface area contributed by atoms with Crippen LogP contribution in [0.4, 0.5) is 5.69 Å². The van der Waals surface area contributed by atoms with Crippen LogP contribution in [0.15, 0.2) is 18.2 Å². The van der Waals surface area contributed by atoms with Crippen molar-refractivity contribution in [1.29, 1.82) is 0 Å². The zero-order chi connectivity index (χ0) is 10.8. The first kappa shape index (κ1) is 11.1. The average molecular weight is 245 g/mol. The molecule has 82 valence electrons. The van der Waals surface area contributed by atoms with Gasteiger partial charge in [-0.3, -0.25) is 0 Å². The second-order valence-electron chi connectivity index (χ2n) is 4.00. The van der Waals surface area contributed by atoms with E-state index in [0.717, 1.165) is 31.2 Å². The minimum Gasteiger partial charge on any atom is -0.374 e. The number of benzene rings is 1. The molecule has 1 saturated heterocycles. The Balaban J connectivity index is 2.03. The van der Waals surface area contributed by atoms with Crippen LogP contribution in [0.1, 0.15) is 0 Å². The van der Waals surface area contributed by atoms with Crippen molar-refractivity contribution in [2.45, 2.75) is 0 Å². The number of nitrogens with one attached hydrogen (secondary N) is 1. The maximum absolute atomic E-state index is 5.97. The monoisotopic (exact) mass is 244 g/mol. The zero-order valence-electron chi connectivity index (χ0n) is 8.63. The molecule has 0 spiro atoms. The Morgan fingerprint density at radius 3 is 2.60 bits per heavy atom. The van der Waals surface area contributed by atoms with Crippen molar-refractivity contribution in [1.82, 2.24) is 5.32 Å². The van der Waals surface area contributed by atoms with Crippen LogP contribution in [-0.2, 0) is 0 Å². The molecule has 0 atom stereocenters. The molecular weight excluding hydrogens is 231 g/mol. The molecule has 0 saturated carbocycles. The molecule has 0 radical (unpaired) electrons. The van der Waals surface area contributed by atoms with E-state index in [4.69, 9.17) is 23.2 Å². The van der Waals surface area contributed by atoms with E-state index in [1.807, 2.05) is 18.2 Å². The summed E-state index contributed by atoms with van der Waals surface area (Å²) in [6.07, 6.45) is 0. The van der Waals surface area contributed by atoms with Crippen LogP contribution < -0.4 is 10.2 Å². The highest BCUT2D eigenvalue weighted by Gasteiger charge is 2.18. The van der Waals surface area contributed by atoms with Crippen molar-refractivity contribution in [3.63, 3.8) is 0 Å². The molecule has 1 aliphatic heterocycles. The topological polar surface area (TPSA) is 15.3 Å². The van der Waals surface area contributed by atoms with Gasteiger partial charge in [-0.1, -0.05) is 23.2 Å². The molecule has 0 unspecified atom stereocenters. The molecule has 4 heteroatoms. The molecule has 1 N–H and O–H groups in total. The van der Waals surface area contributed by atoms with Crippen molar-refractivity contribution < 1.29 is 0 Å². The van der Waals surface area contributed by atoms with Gasteiger partial charge >= 0.3 is 0 Å². The number of hydrogen-bond acceptors (Lipinski definition) is 2. The Hall–Kier alpha value is -0.440. The van der Waals surface area contributed by atoms with Gasteiger partial charge in [0.2, 0.25) is 0 Å². The molecule has 15 heavy (non-hydrogen) atoms. The molecule has 1 aliphatic rings. The molecule has 1 heterocycles. The summed E-state index contributed by atoms with van der Waals surface area (Å²) >= 11 is 11.8. The van der Waals surface area contributed by atoms with Crippen molar-refractivity contribution in [3.05, 3.63) is 28.2 Å². The highest BCUT2D eigenvalue weighted by atomic mass is 35.5. The number of nitrogens with zero attached hydrogens (tertiary/aromatic N) is 1. The molecule has 2 rings (SSSR count). The van der Waals surface area contributed by atoms with Gasteiger partial charge in [0.15, 0.2) is 0 Å². The molecule has 1 aromatic carbocycles. The molecule has 2 nitrogen and oxygen atoms in total. The molecule has 0 amide bonds. The molecule has 0 aromatic heterocycles. The van der Waals surface area contributed by atoms with Crippen molar-refractivity contribution in [2.24, 2.45) is 5.92 Å². The van der Waals surface area contributed by atoms with E-state index in [-0.39, 0.29) is 0 Å². The lowest BCUT2D eigenvalue weighted by Gasteiger charge is -2.32. The number of hydrogen-bond donors (Lipinski definition) is 1. The Morgan fingerprint density at radius 1 is 1.33 bits per heavy atom. The van der Waals surface area contributed by atoms with Crippen LogP contribution >= 0.6 is 23.2 Å². The standard InChI is InChI=1S/C11H14Cl2N2/c1-15(7-8-5-14-6-8)9-2-3-10(12)11(13)4-9/h2-4,8,14H,5-7H2,1H3. The highest BCUT2D eigenvalue weighted by Crippen LogP contribution is 2.27. The summed E-state index contributed by atoms with van der Waals surface area (Å²) in [5, 5.41) is 4.49. The number of anilines is 1. The van der Waals surface area contributed by atoms with E-state index >= 15 is 0 Å². The fraction of sp³-hybridized carbons (Fsp3) is 0.455. The third-order valence-electron chi connectivity index (χ3n) is 2.74. The number of rotatable bonds is 3. The average Bonchev–Trinajstić information content (AvgIpc) is 2.15. The summed E-state index contributed by atoms with van der Waals surface area (Å²) in [5.41, 5.74) is 1.12. The maximum Gasteiger partial charge on any atom is 0.0612 e. The minimum absolute atomic E-state index is 0.610. The second kappa shape index (κ2) is 4.60. The summed E-state index contributed by atoms with van der Waals surface area (Å²) < 4.78 is 0. The summed E-state index contributed by atoms with van der Waals surface area (Å²) in [7, 11) is 2.08. The van der Waals surface area contributed by atoms with Crippen LogP contribution in [0.2, 0.25) is 10.0 Å². The van der Waals surface area contributed by atoms with Crippen LogP contribution in [0.5, 0.6) is 0 Å². The van der Waals surface area contributed by atoms with Crippen LogP contribution in [0.25, 0.3) is 0 Å². The summed E-state index contributed by atoms with van der Waals surface area (Å²) in [6, 6.07) is 5.75. The Kier molecular flexibility index (Phi) is 3.39. The fourth-order valence-electron chi connectivity index (χ4n) is 1.69. The van der Waals surface area contributed by atoms with Gasteiger partial charge in [-0.2, -0.15) is 0 Å². The van der Waals surface area contributed by atoms with E-state index in [1.165, 1.54) is 0 Å². The van der Waals surface area contributed by atoms with Gasteiger partial charge in [0, 0.05) is 38.3 Å². The second-order valence-corrected chi connectivity index (χ2v) is 4.82. The lowest BCUT2D eigenvalue weighted by molar-refractivity contribution is 0.353. The van der Waals surface area contributed by atoms with E-state index < -0.39 is 0 Å². The van der Waals surface area contributed by atoms with Gasteiger partial charge in [0.25, 0.3) is 0 Å². The normalized spacial score (nSPS) is 16.2. The van der Waals surface area contributed by atoms with Gasteiger partial charge in [-0.05, 0) is 18.2 Å². The molecule has 1 aromatic rings. The van der Waals surface area contributed by atoms with E-state index in [0.29, 0.717) is 10.0 Å². The zero-order valence-corrected chi connectivity index (χ0v) is 10.1. The van der Waals surface area contributed by atoms with Gasteiger partial charge < -0.3 is 10.2 Å². The lowest BCUT2D eigenvalue weighted by Crippen LogP contribution is -2.47. The first-order chi connectivity index (χ1) is 7.16. The summed E-state index contributed by atoms with van der Waals surface area (Å²) in [6.45, 7) is 3.29. The van der Waals surface area contributed by atoms with E-state index in [1.54, 1.807) is 0 Å². The first-order valence-corrected chi connectivity index (χ1v) is 5.79. The van der Waals surface area contributed by atoms with Crippen LogP contribution in [-0.4, -0.2) is 26.7 Å². The number of halogens is 2. The van der Waals surface area contributed by atoms with Crippen LogP contribution in [0.3, 0.4) is 0 Å².